The fourth-order valence-electron chi connectivity index (χ4n) is 2.65. The fraction of sp³-hybridized carbons (Fsp3) is 1.00. The van der Waals surface area contributed by atoms with Gasteiger partial charge in [-0.2, -0.15) is 0 Å². The van der Waals surface area contributed by atoms with Gasteiger partial charge in [-0.15, -0.1) is 0 Å². The van der Waals surface area contributed by atoms with E-state index in [9.17, 15) is 0 Å². The van der Waals surface area contributed by atoms with Crippen LogP contribution in [0.4, 0.5) is 0 Å². The third-order valence-corrected chi connectivity index (χ3v) is 3.83. The maximum absolute atomic E-state index is 5.54. The van der Waals surface area contributed by atoms with Crippen LogP contribution in [0, 0.1) is 11.8 Å². The van der Waals surface area contributed by atoms with Gasteiger partial charge >= 0.3 is 0 Å². The third kappa shape index (κ3) is 4.81. The van der Waals surface area contributed by atoms with E-state index in [0.29, 0.717) is 6.04 Å². The number of ether oxygens (including phenoxy) is 1. The topological polar surface area (TPSA) is 47.3 Å². The minimum Gasteiger partial charge on any atom is -0.383 e. The monoisotopic (exact) mass is 228 g/mol. The van der Waals surface area contributed by atoms with Crippen molar-refractivity contribution >= 4 is 0 Å². The summed E-state index contributed by atoms with van der Waals surface area (Å²) in [6.07, 6.45) is 6.42. The number of nitrogens with two attached hydrogens (primary N) is 1. The Kier molecular flexibility index (Phi) is 7.01. The molecule has 3 atom stereocenters. The van der Waals surface area contributed by atoms with Gasteiger partial charge in [-0.3, -0.25) is 0 Å². The van der Waals surface area contributed by atoms with Gasteiger partial charge < -0.3 is 15.8 Å². The minimum absolute atomic E-state index is 0.487. The predicted molar refractivity (Wildman–Crippen MR) is 68.5 cm³/mol. The zero-order valence-corrected chi connectivity index (χ0v) is 10.9. The molecule has 0 spiro atoms. The van der Waals surface area contributed by atoms with E-state index in [1.54, 1.807) is 7.11 Å². The first-order valence-corrected chi connectivity index (χ1v) is 6.70. The van der Waals surface area contributed by atoms with Crippen LogP contribution in [-0.2, 0) is 4.74 Å². The molecule has 0 aromatic heterocycles. The lowest BCUT2D eigenvalue weighted by Crippen LogP contribution is -2.37. The lowest BCUT2D eigenvalue weighted by molar-refractivity contribution is 0.157. The summed E-state index contributed by atoms with van der Waals surface area (Å²) in [5.74, 6) is 1.77. The molecule has 3 nitrogen and oxygen atoms in total. The molecule has 0 bridgehead atoms. The van der Waals surface area contributed by atoms with E-state index in [1.807, 2.05) is 0 Å². The van der Waals surface area contributed by atoms with Crippen LogP contribution in [0.3, 0.4) is 0 Å². The first-order valence-electron chi connectivity index (χ1n) is 6.70. The summed E-state index contributed by atoms with van der Waals surface area (Å²) in [5, 5.41) is 3.65. The summed E-state index contributed by atoms with van der Waals surface area (Å²) in [4.78, 5) is 0. The van der Waals surface area contributed by atoms with Gasteiger partial charge in [-0.25, -0.2) is 0 Å². The summed E-state index contributed by atoms with van der Waals surface area (Å²) in [6, 6.07) is 0.487. The molecule has 0 amide bonds. The Bertz CT molecular complexity index is 175. The minimum atomic E-state index is 0.487. The van der Waals surface area contributed by atoms with E-state index in [0.717, 1.165) is 44.4 Å². The second-order valence-corrected chi connectivity index (χ2v) is 5.16. The van der Waals surface area contributed by atoms with Crippen molar-refractivity contribution in [2.75, 3.05) is 26.8 Å². The fourth-order valence-corrected chi connectivity index (χ4v) is 2.65. The number of hydrogen-bond acceptors (Lipinski definition) is 3. The van der Waals surface area contributed by atoms with E-state index < -0.39 is 0 Å². The number of rotatable bonds is 8. The SMILES string of the molecule is COCC(CCCN)NCC1CCCC1C. The Morgan fingerprint density at radius 3 is 2.81 bits per heavy atom. The van der Waals surface area contributed by atoms with Crippen LogP contribution in [0.15, 0.2) is 0 Å². The zero-order valence-electron chi connectivity index (χ0n) is 10.9. The molecule has 1 aliphatic rings. The Morgan fingerprint density at radius 1 is 1.44 bits per heavy atom. The van der Waals surface area contributed by atoms with Gasteiger partial charge in [0.1, 0.15) is 0 Å². The van der Waals surface area contributed by atoms with Crippen LogP contribution < -0.4 is 11.1 Å². The van der Waals surface area contributed by atoms with Crippen LogP contribution in [-0.4, -0.2) is 32.8 Å². The molecule has 0 heterocycles. The van der Waals surface area contributed by atoms with Gasteiger partial charge in [0.05, 0.1) is 6.61 Å². The number of hydrogen-bond donors (Lipinski definition) is 2. The van der Waals surface area contributed by atoms with Crippen LogP contribution in [0.1, 0.15) is 39.0 Å². The van der Waals surface area contributed by atoms with Crippen molar-refractivity contribution in [2.45, 2.75) is 45.1 Å². The van der Waals surface area contributed by atoms with E-state index in [4.69, 9.17) is 10.5 Å². The molecule has 96 valence electrons. The van der Waals surface area contributed by atoms with Crippen molar-refractivity contribution in [1.29, 1.82) is 0 Å². The van der Waals surface area contributed by atoms with E-state index in [2.05, 4.69) is 12.2 Å². The molecule has 16 heavy (non-hydrogen) atoms. The highest BCUT2D eigenvalue weighted by atomic mass is 16.5. The highest BCUT2D eigenvalue weighted by Crippen LogP contribution is 2.30. The van der Waals surface area contributed by atoms with Gasteiger partial charge in [0.2, 0.25) is 0 Å². The standard InChI is InChI=1S/C13H28N2O/c1-11-5-3-6-12(11)9-15-13(10-16-2)7-4-8-14/h11-13,15H,3-10,14H2,1-2H3. The Morgan fingerprint density at radius 2 is 2.25 bits per heavy atom. The molecule has 1 saturated carbocycles. The highest BCUT2D eigenvalue weighted by molar-refractivity contribution is 4.78. The van der Waals surface area contributed by atoms with Gasteiger partial charge in [0.25, 0.3) is 0 Å². The largest absolute Gasteiger partial charge is 0.383 e. The van der Waals surface area contributed by atoms with Crippen molar-refractivity contribution in [3.63, 3.8) is 0 Å². The molecule has 3 unspecified atom stereocenters. The molecule has 1 rings (SSSR count). The van der Waals surface area contributed by atoms with Crippen molar-refractivity contribution in [3.8, 4) is 0 Å². The summed E-state index contributed by atoms with van der Waals surface area (Å²) in [5.41, 5.74) is 5.54. The molecule has 0 aromatic carbocycles. The quantitative estimate of drug-likeness (QED) is 0.665. The smallest absolute Gasteiger partial charge is 0.0615 e. The molecule has 3 heteroatoms. The molecule has 0 aromatic rings. The molecule has 0 aliphatic heterocycles. The Labute approximate surface area is 100 Å². The Hall–Kier alpha value is -0.120. The van der Waals surface area contributed by atoms with E-state index in [1.165, 1.54) is 19.3 Å². The van der Waals surface area contributed by atoms with Gasteiger partial charge in [0.15, 0.2) is 0 Å². The van der Waals surface area contributed by atoms with E-state index in [-0.39, 0.29) is 0 Å². The lowest BCUT2D eigenvalue weighted by Gasteiger charge is -2.22. The zero-order chi connectivity index (χ0) is 11.8. The molecule has 1 aliphatic carbocycles. The summed E-state index contributed by atoms with van der Waals surface area (Å²) in [6.45, 7) is 5.12. The second kappa shape index (κ2) is 8.04. The van der Waals surface area contributed by atoms with Crippen LogP contribution in [0.5, 0.6) is 0 Å². The first-order chi connectivity index (χ1) is 7.77. The van der Waals surface area contributed by atoms with Crippen LogP contribution >= 0.6 is 0 Å². The van der Waals surface area contributed by atoms with Gasteiger partial charge in [0, 0.05) is 13.2 Å². The molecule has 0 saturated heterocycles. The Balaban J connectivity index is 2.19. The van der Waals surface area contributed by atoms with E-state index >= 15 is 0 Å². The predicted octanol–water partition coefficient (Wildman–Crippen LogP) is 1.77. The lowest BCUT2D eigenvalue weighted by atomic mass is 9.97. The molecule has 0 radical (unpaired) electrons. The summed E-state index contributed by atoms with van der Waals surface area (Å²) in [7, 11) is 1.77. The van der Waals surface area contributed by atoms with Gasteiger partial charge in [-0.1, -0.05) is 19.8 Å². The summed E-state index contributed by atoms with van der Waals surface area (Å²) >= 11 is 0. The van der Waals surface area contributed by atoms with Crippen LogP contribution in [0.2, 0.25) is 0 Å². The second-order valence-electron chi connectivity index (χ2n) is 5.16. The maximum atomic E-state index is 5.54. The molecular formula is C13H28N2O. The van der Waals surface area contributed by atoms with Crippen LogP contribution in [0.25, 0.3) is 0 Å². The van der Waals surface area contributed by atoms with Crippen molar-refractivity contribution in [2.24, 2.45) is 17.6 Å². The highest BCUT2D eigenvalue weighted by Gasteiger charge is 2.23. The van der Waals surface area contributed by atoms with Gasteiger partial charge in [-0.05, 0) is 44.2 Å². The van der Waals surface area contributed by atoms with Crippen molar-refractivity contribution < 1.29 is 4.74 Å². The molecule has 1 fully saturated rings. The van der Waals surface area contributed by atoms with Crippen molar-refractivity contribution in [1.82, 2.24) is 5.32 Å². The number of nitrogens with one attached hydrogen (secondary N) is 1. The normalized spacial score (nSPS) is 27.2. The molecule has 3 N–H and O–H groups in total. The maximum Gasteiger partial charge on any atom is 0.0615 e. The number of methoxy groups -OCH3 is 1. The first kappa shape index (κ1) is 13.9. The average Bonchev–Trinajstić information content (AvgIpc) is 2.68. The molecular weight excluding hydrogens is 200 g/mol. The summed E-state index contributed by atoms with van der Waals surface area (Å²) < 4.78 is 5.24. The third-order valence-electron chi connectivity index (χ3n) is 3.83. The average molecular weight is 228 g/mol. The van der Waals surface area contributed by atoms with Crippen molar-refractivity contribution in [3.05, 3.63) is 0 Å².